The van der Waals surface area contributed by atoms with E-state index in [2.05, 4.69) is 12.2 Å². The van der Waals surface area contributed by atoms with Gasteiger partial charge in [0.2, 0.25) is 0 Å². The molecule has 24 heavy (non-hydrogen) atoms. The maximum absolute atomic E-state index is 12.2. The SMILES string of the molecule is CC[C@@H](C)Oc1ccc([C@H]2NC(=O)c3ccccc3O2)cc1OC. The van der Waals surface area contributed by atoms with Crippen LogP contribution in [-0.2, 0) is 0 Å². The lowest BCUT2D eigenvalue weighted by Gasteiger charge is -2.27. The predicted octanol–water partition coefficient (Wildman–Crippen LogP) is 3.69. The number of carbonyl (C=O) groups is 1. The smallest absolute Gasteiger partial charge is 0.258 e. The molecule has 1 aliphatic rings. The van der Waals surface area contributed by atoms with Crippen molar-refractivity contribution >= 4 is 5.91 Å². The second-order valence-electron chi connectivity index (χ2n) is 5.71. The van der Waals surface area contributed by atoms with Crippen LogP contribution < -0.4 is 19.5 Å². The molecule has 2 atom stereocenters. The first-order valence-corrected chi connectivity index (χ1v) is 8.03. The number of ether oxygens (including phenoxy) is 3. The van der Waals surface area contributed by atoms with Crippen LogP contribution >= 0.6 is 0 Å². The van der Waals surface area contributed by atoms with Crippen molar-refractivity contribution in [1.29, 1.82) is 0 Å². The van der Waals surface area contributed by atoms with Crippen LogP contribution in [0.5, 0.6) is 17.2 Å². The zero-order valence-corrected chi connectivity index (χ0v) is 14.0. The summed E-state index contributed by atoms with van der Waals surface area (Å²) in [5.74, 6) is 1.72. The average molecular weight is 327 g/mol. The Labute approximate surface area is 141 Å². The van der Waals surface area contributed by atoms with Gasteiger partial charge in [0, 0.05) is 5.56 Å². The van der Waals surface area contributed by atoms with E-state index in [0.717, 1.165) is 12.0 Å². The Balaban J connectivity index is 1.87. The number of rotatable bonds is 5. The molecule has 0 radical (unpaired) electrons. The minimum absolute atomic E-state index is 0.0993. The number of benzene rings is 2. The largest absolute Gasteiger partial charge is 0.493 e. The maximum atomic E-state index is 12.2. The lowest BCUT2D eigenvalue weighted by molar-refractivity contribution is 0.0755. The van der Waals surface area contributed by atoms with Crippen molar-refractivity contribution in [1.82, 2.24) is 5.32 Å². The zero-order valence-electron chi connectivity index (χ0n) is 14.0. The number of para-hydroxylation sites is 1. The van der Waals surface area contributed by atoms with Gasteiger partial charge in [-0.3, -0.25) is 4.79 Å². The average Bonchev–Trinajstić information content (AvgIpc) is 2.61. The number of fused-ring (bicyclic) bond motifs is 1. The zero-order chi connectivity index (χ0) is 17.1. The van der Waals surface area contributed by atoms with Gasteiger partial charge in [0.05, 0.1) is 18.8 Å². The molecule has 3 rings (SSSR count). The summed E-state index contributed by atoms with van der Waals surface area (Å²) in [6, 6.07) is 12.7. The fourth-order valence-electron chi connectivity index (χ4n) is 2.51. The number of hydrogen-bond donors (Lipinski definition) is 1. The second kappa shape index (κ2) is 6.83. The highest BCUT2D eigenvalue weighted by Crippen LogP contribution is 2.34. The van der Waals surface area contributed by atoms with Crippen LogP contribution in [0.1, 0.15) is 42.4 Å². The fraction of sp³-hybridized carbons (Fsp3) is 0.316. The molecule has 0 aliphatic carbocycles. The Morgan fingerprint density at radius 1 is 1.21 bits per heavy atom. The highest BCUT2D eigenvalue weighted by atomic mass is 16.5. The molecule has 1 aliphatic heterocycles. The molecule has 0 aromatic heterocycles. The first kappa shape index (κ1) is 16.2. The molecule has 1 amide bonds. The Hall–Kier alpha value is -2.69. The van der Waals surface area contributed by atoms with Gasteiger partial charge in [-0.2, -0.15) is 0 Å². The quantitative estimate of drug-likeness (QED) is 0.910. The number of amides is 1. The van der Waals surface area contributed by atoms with E-state index in [1.807, 2.05) is 37.3 Å². The maximum Gasteiger partial charge on any atom is 0.258 e. The normalized spacial score (nSPS) is 17.3. The Bertz CT molecular complexity index is 744. The van der Waals surface area contributed by atoms with Crippen LogP contribution in [0.4, 0.5) is 0 Å². The van der Waals surface area contributed by atoms with Crippen LogP contribution in [0.2, 0.25) is 0 Å². The van der Waals surface area contributed by atoms with Gasteiger partial charge in [0.25, 0.3) is 5.91 Å². The standard InChI is InChI=1S/C19H21NO4/c1-4-12(2)23-16-10-9-13(11-17(16)22-3)19-20-18(21)14-7-5-6-8-15(14)24-19/h5-12,19H,4H2,1-3H3,(H,20,21)/t12-,19+/m1/s1. The molecule has 0 spiro atoms. The van der Waals surface area contributed by atoms with Crippen molar-refractivity contribution in [2.24, 2.45) is 0 Å². The van der Waals surface area contributed by atoms with Crippen LogP contribution in [0.3, 0.4) is 0 Å². The fourth-order valence-corrected chi connectivity index (χ4v) is 2.51. The lowest BCUT2D eigenvalue weighted by atomic mass is 10.1. The van der Waals surface area contributed by atoms with Crippen LogP contribution in [0, 0.1) is 0 Å². The minimum Gasteiger partial charge on any atom is -0.493 e. The van der Waals surface area contributed by atoms with Gasteiger partial charge >= 0.3 is 0 Å². The summed E-state index contributed by atoms with van der Waals surface area (Å²) in [6.45, 7) is 4.07. The van der Waals surface area contributed by atoms with E-state index in [0.29, 0.717) is 22.8 Å². The Morgan fingerprint density at radius 2 is 2.00 bits per heavy atom. The first-order valence-electron chi connectivity index (χ1n) is 8.03. The molecule has 5 nitrogen and oxygen atoms in total. The molecule has 0 bridgehead atoms. The molecule has 1 heterocycles. The first-order chi connectivity index (χ1) is 11.6. The molecule has 0 unspecified atom stereocenters. The third kappa shape index (κ3) is 3.15. The molecular weight excluding hydrogens is 306 g/mol. The van der Waals surface area contributed by atoms with Crippen molar-refractivity contribution in [3.8, 4) is 17.2 Å². The van der Waals surface area contributed by atoms with Crippen molar-refractivity contribution in [2.75, 3.05) is 7.11 Å². The van der Waals surface area contributed by atoms with Crippen molar-refractivity contribution in [3.63, 3.8) is 0 Å². The summed E-state index contributed by atoms with van der Waals surface area (Å²) in [6.07, 6.45) is 0.449. The highest BCUT2D eigenvalue weighted by molar-refractivity contribution is 5.98. The van der Waals surface area contributed by atoms with E-state index in [1.54, 1.807) is 19.2 Å². The minimum atomic E-state index is -0.557. The summed E-state index contributed by atoms with van der Waals surface area (Å²) in [4.78, 5) is 12.2. The summed E-state index contributed by atoms with van der Waals surface area (Å²) in [5, 5.41) is 2.85. The predicted molar refractivity (Wildman–Crippen MR) is 90.7 cm³/mol. The van der Waals surface area contributed by atoms with E-state index in [9.17, 15) is 4.79 Å². The van der Waals surface area contributed by atoms with E-state index in [4.69, 9.17) is 14.2 Å². The van der Waals surface area contributed by atoms with Gasteiger partial charge in [0.15, 0.2) is 17.7 Å². The summed E-state index contributed by atoms with van der Waals surface area (Å²) >= 11 is 0. The number of nitrogens with one attached hydrogen (secondary N) is 1. The molecule has 1 N–H and O–H groups in total. The number of methoxy groups -OCH3 is 1. The Morgan fingerprint density at radius 3 is 2.75 bits per heavy atom. The molecule has 5 heteroatoms. The Kier molecular flexibility index (Phi) is 4.60. The second-order valence-corrected chi connectivity index (χ2v) is 5.71. The van der Waals surface area contributed by atoms with Gasteiger partial charge < -0.3 is 19.5 Å². The molecule has 126 valence electrons. The van der Waals surface area contributed by atoms with Gasteiger partial charge in [-0.05, 0) is 43.7 Å². The topological polar surface area (TPSA) is 56.8 Å². The van der Waals surface area contributed by atoms with Crippen molar-refractivity contribution in [3.05, 3.63) is 53.6 Å². The lowest BCUT2D eigenvalue weighted by Crippen LogP contribution is -2.36. The van der Waals surface area contributed by atoms with Gasteiger partial charge in [-0.25, -0.2) is 0 Å². The van der Waals surface area contributed by atoms with Gasteiger partial charge in [-0.15, -0.1) is 0 Å². The van der Waals surface area contributed by atoms with Gasteiger partial charge in [-0.1, -0.05) is 19.1 Å². The van der Waals surface area contributed by atoms with E-state index in [-0.39, 0.29) is 12.0 Å². The van der Waals surface area contributed by atoms with Crippen LogP contribution in [0.25, 0.3) is 0 Å². The third-order valence-electron chi connectivity index (χ3n) is 4.03. The summed E-state index contributed by atoms with van der Waals surface area (Å²) in [5.41, 5.74) is 1.34. The van der Waals surface area contributed by atoms with Crippen molar-refractivity contribution < 1.29 is 19.0 Å². The molecule has 0 saturated heterocycles. The summed E-state index contributed by atoms with van der Waals surface area (Å²) in [7, 11) is 1.60. The third-order valence-corrected chi connectivity index (χ3v) is 4.03. The monoisotopic (exact) mass is 327 g/mol. The van der Waals surface area contributed by atoms with Crippen LogP contribution in [0.15, 0.2) is 42.5 Å². The highest BCUT2D eigenvalue weighted by Gasteiger charge is 2.27. The molecule has 2 aromatic rings. The molecule has 0 fully saturated rings. The number of carbonyl (C=O) groups excluding carboxylic acids is 1. The molecule has 2 aromatic carbocycles. The van der Waals surface area contributed by atoms with Gasteiger partial charge in [0.1, 0.15) is 5.75 Å². The van der Waals surface area contributed by atoms with Crippen molar-refractivity contribution in [2.45, 2.75) is 32.6 Å². The number of hydrogen-bond acceptors (Lipinski definition) is 4. The summed E-state index contributed by atoms with van der Waals surface area (Å²) < 4.78 is 17.2. The molecule has 0 saturated carbocycles. The van der Waals surface area contributed by atoms with Crippen LogP contribution in [-0.4, -0.2) is 19.1 Å². The van der Waals surface area contributed by atoms with E-state index >= 15 is 0 Å². The molecular formula is C19H21NO4. The van der Waals surface area contributed by atoms with E-state index < -0.39 is 6.23 Å². The van der Waals surface area contributed by atoms with E-state index in [1.165, 1.54) is 0 Å².